The first kappa shape index (κ1) is 23.7. The zero-order valence-electron chi connectivity index (χ0n) is 20.6. The zero-order chi connectivity index (χ0) is 25.4. The minimum atomic E-state index is -0.216. The second-order valence-electron chi connectivity index (χ2n) is 9.02. The Labute approximate surface area is 213 Å². The van der Waals surface area contributed by atoms with Crippen molar-refractivity contribution in [1.29, 1.82) is 0 Å². The van der Waals surface area contributed by atoms with E-state index in [4.69, 9.17) is 5.10 Å². The molecule has 2 aromatic carbocycles. The fourth-order valence-corrected chi connectivity index (χ4v) is 5.28. The average Bonchev–Trinajstić information content (AvgIpc) is 3.43. The Balaban J connectivity index is 1.48. The molecule has 0 fully saturated rings. The number of nitrogens with zero attached hydrogens (tertiary/aromatic N) is 4. The van der Waals surface area contributed by atoms with Gasteiger partial charge in [-0.05, 0) is 51.5 Å². The van der Waals surface area contributed by atoms with E-state index >= 15 is 0 Å². The van der Waals surface area contributed by atoms with Crippen LogP contribution in [0.3, 0.4) is 0 Å². The van der Waals surface area contributed by atoms with Crippen LogP contribution in [0.4, 0.5) is 0 Å². The van der Waals surface area contributed by atoms with E-state index < -0.39 is 0 Å². The molecule has 7 nitrogen and oxygen atoms in total. The first-order valence-electron chi connectivity index (χ1n) is 11.8. The van der Waals surface area contributed by atoms with Crippen molar-refractivity contribution in [2.24, 2.45) is 0 Å². The molecule has 1 atom stereocenters. The van der Waals surface area contributed by atoms with Crippen LogP contribution in [0.25, 0.3) is 21.9 Å². The van der Waals surface area contributed by atoms with Gasteiger partial charge in [-0.25, -0.2) is 9.67 Å². The molecular formula is C28H27N5O2S. The third kappa shape index (κ3) is 4.47. The number of hydrogen-bond donors (Lipinski definition) is 1. The summed E-state index contributed by atoms with van der Waals surface area (Å²) in [6.07, 6.45) is 0.0814. The van der Waals surface area contributed by atoms with Crippen molar-refractivity contribution in [2.45, 2.75) is 40.2 Å². The third-order valence-corrected chi connectivity index (χ3v) is 7.14. The molecule has 1 amide bonds. The van der Waals surface area contributed by atoms with Gasteiger partial charge in [0.15, 0.2) is 4.96 Å². The van der Waals surface area contributed by atoms with Crippen molar-refractivity contribution in [1.82, 2.24) is 24.5 Å². The maximum absolute atomic E-state index is 13.7. The van der Waals surface area contributed by atoms with E-state index in [-0.39, 0.29) is 23.9 Å². The molecule has 0 aliphatic rings. The second-order valence-corrected chi connectivity index (χ2v) is 9.85. The molecule has 1 N–H and O–H groups in total. The first-order valence-corrected chi connectivity index (χ1v) is 12.7. The summed E-state index contributed by atoms with van der Waals surface area (Å²) in [5, 5.41) is 9.60. The number of aromatic nitrogens is 4. The van der Waals surface area contributed by atoms with Crippen LogP contribution in [-0.4, -0.2) is 25.1 Å². The van der Waals surface area contributed by atoms with E-state index in [1.165, 1.54) is 16.9 Å². The Morgan fingerprint density at radius 3 is 2.50 bits per heavy atom. The predicted octanol–water partition coefficient (Wildman–Crippen LogP) is 4.95. The minimum absolute atomic E-state index is 0.0814. The van der Waals surface area contributed by atoms with Crippen molar-refractivity contribution in [3.8, 4) is 16.9 Å². The van der Waals surface area contributed by atoms with Gasteiger partial charge in [0, 0.05) is 16.8 Å². The van der Waals surface area contributed by atoms with Gasteiger partial charge in [-0.3, -0.25) is 14.0 Å². The predicted molar refractivity (Wildman–Crippen MR) is 143 cm³/mol. The van der Waals surface area contributed by atoms with E-state index in [1.54, 1.807) is 4.40 Å². The smallest absolute Gasteiger partial charge is 0.268 e. The summed E-state index contributed by atoms with van der Waals surface area (Å²) in [5.74, 6) is -0.153. The highest BCUT2D eigenvalue weighted by Gasteiger charge is 2.20. The van der Waals surface area contributed by atoms with Crippen LogP contribution in [0, 0.1) is 20.8 Å². The molecular weight excluding hydrogens is 470 g/mol. The number of carbonyl (C=O) groups excluding carboxylic acids is 1. The Bertz CT molecular complexity index is 1610. The first-order chi connectivity index (χ1) is 17.3. The molecule has 0 saturated heterocycles. The van der Waals surface area contributed by atoms with Gasteiger partial charge in [-0.1, -0.05) is 48.0 Å². The monoisotopic (exact) mass is 497 g/mol. The molecule has 5 aromatic rings. The van der Waals surface area contributed by atoms with Crippen LogP contribution in [0.5, 0.6) is 0 Å². The molecule has 0 aliphatic heterocycles. The lowest BCUT2D eigenvalue weighted by molar-refractivity contribution is -0.121. The summed E-state index contributed by atoms with van der Waals surface area (Å²) in [6, 6.07) is 19.6. The fourth-order valence-electron chi connectivity index (χ4n) is 4.35. The lowest BCUT2D eigenvalue weighted by Gasteiger charge is -2.14. The maximum atomic E-state index is 13.7. The van der Waals surface area contributed by atoms with Crippen molar-refractivity contribution in [3.63, 3.8) is 0 Å². The SMILES string of the molecule is Cc1ccc(-n2nc(-c3c(C)nc4scc(CC(=O)N[C@@H](C)c5ccccc5)n4c3=O)cc2C)cc1. The standard InChI is InChI=1S/C28H27N5O2S/c1-17-10-12-22(13-11-17)33-18(2)14-24(31-33)26-20(4)30-28-32(27(26)35)23(16-36-28)15-25(34)29-19(3)21-8-6-5-7-9-21/h5-14,16,19H,15H2,1-4H3,(H,29,34)/t19-/m0/s1. The summed E-state index contributed by atoms with van der Waals surface area (Å²) < 4.78 is 3.37. The van der Waals surface area contributed by atoms with Crippen LogP contribution in [0.2, 0.25) is 0 Å². The van der Waals surface area contributed by atoms with Crippen molar-refractivity contribution in [3.05, 3.63) is 105 Å². The Morgan fingerprint density at radius 1 is 1.06 bits per heavy atom. The highest BCUT2D eigenvalue weighted by molar-refractivity contribution is 7.15. The second kappa shape index (κ2) is 9.54. The number of nitrogens with one attached hydrogen (secondary N) is 1. The van der Waals surface area contributed by atoms with E-state index in [0.717, 1.165) is 16.9 Å². The van der Waals surface area contributed by atoms with Gasteiger partial charge in [0.2, 0.25) is 5.91 Å². The summed E-state index contributed by atoms with van der Waals surface area (Å²) in [7, 11) is 0. The fraction of sp³-hybridized carbons (Fsp3) is 0.214. The molecule has 0 unspecified atom stereocenters. The number of aryl methyl sites for hydroxylation is 3. The minimum Gasteiger partial charge on any atom is -0.349 e. The number of thiazole rings is 1. The van der Waals surface area contributed by atoms with Gasteiger partial charge in [0.25, 0.3) is 5.56 Å². The maximum Gasteiger partial charge on any atom is 0.268 e. The summed E-state index contributed by atoms with van der Waals surface area (Å²) in [6.45, 7) is 7.77. The van der Waals surface area contributed by atoms with Crippen molar-refractivity contribution < 1.29 is 4.79 Å². The summed E-state index contributed by atoms with van der Waals surface area (Å²) in [4.78, 5) is 31.8. The van der Waals surface area contributed by atoms with Crippen LogP contribution in [0.1, 0.15) is 41.2 Å². The zero-order valence-corrected chi connectivity index (χ0v) is 21.5. The Morgan fingerprint density at radius 2 is 1.78 bits per heavy atom. The molecule has 0 aliphatic carbocycles. The van der Waals surface area contributed by atoms with Gasteiger partial charge >= 0.3 is 0 Å². The van der Waals surface area contributed by atoms with Crippen LogP contribution < -0.4 is 10.9 Å². The van der Waals surface area contributed by atoms with Crippen LogP contribution in [-0.2, 0) is 11.2 Å². The quantitative estimate of drug-likeness (QED) is 0.360. The van der Waals surface area contributed by atoms with Gasteiger partial charge in [-0.2, -0.15) is 5.10 Å². The van der Waals surface area contributed by atoms with E-state index in [0.29, 0.717) is 27.6 Å². The number of amides is 1. The van der Waals surface area contributed by atoms with Gasteiger partial charge in [0.05, 0.1) is 29.4 Å². The number of rotatable bonds is 6. The largest absolute Gasteiger partial charge is 0.349 e. The molecule has 182 valence electrons. The molecule has 0 bridgehead atoms. The lowest BCUT2D eigenvalue weighted by Crippen LogP contribution is -2.29. The highest BCUT2D eigenvalue weighted by Crippen LogP contribution is 2.24. The van der Waals surface area contributed by atoms with E-state index in [1.807, 2.05) is 98.4 Å². The van der Waals surface area contributed by atoms with E-state index in [2.05, 4.69) is 10.3 Å². The topological polar surface area (TPSA) is 81.3 Å². The molecule has 0 spiro atoms. The van der Waals surface area contributed by atoms with E-state index in [9.17, 15) is 9.59 Å². The van der Waals surface area contributed by atoms with Crippen molar-refractivity contribution >= 4 is 22.2 Å². The molecule has 0 saturated carbocycles. The highest BCUT2D eigenvalue weighted by atomic mass is 32.1. The number of carbonyl (C=O) groups is 1. The number of benzene rings is 2. The normalized spacial score (nSPS) is 12.1. The number of fused-ring (bicyclic) bond motifs is 1. The number of hydrogen-bond acceptors (Lipinski definition) is 5. The molecule has 5 rings (SSSR count). The van der Waals surface area contributed by atoms with Crippen molar-refractivity contribution in [2.75, 3.05) is 0 Å². The molecule has 36 heavy (non-hydrogen) atoms. The van der Waals surface area contributed by atoms with Gasteiger partial charge in [0.1, 0.15) is 5.69 Å². The van der Waals surface area contributed by atoms with Gasteiger partial charge in [-0.15, -0.1) is 11.3 Å². The lowest BCUT2D eigenvalue weighted by atomic mass is 10.1. The Kier molecular flexibility index (Phi) is 6.28. The molecule has 0 radical (unpaired) electrons. The molecule has 8 heteroatoms. The van der Waals surface area contributed by atoms with Crippen LogP contribution >= 0.6 is 11.3 Å². The molecule has 3 heterocycles. The summed E-state index contributed by atoms with van der Waals surface area (Å²) in [5.41, 5.74) is 6.05. The molecule has 3 aromatic heterocycles. The van der Waals surface area contributed by atoms with Gasteiger partial charge < -0.3 is 5.32 Å². The third-order valence-electron chi connectivity index (χ3n) is 6.26. The van der Waals surface area contributed by atoms with Crippen LogP contribution in [0.15, 0.2) is 70.8 Å². The Hall–Kier alpha value is -4.04. The summed E-state index contributed by atoms with van der Waals surface area (Å²) >= 11 is 1.36. The average molecular weight is 498 g/mol.